The fraction of sp³-hybridized carbons (Fsp3) is 1.00. The lowest BCUT2D eigenvalue weighted by atomic mass is 10.1. The Morgan fingerprint density at radius 3 is 2.14 bits per heavy atom. The monoisotopic (exact) mass is 222 g/mol. The summed E-state index contributed by atoms with van der Waals surface area (Å²) < 4.78 is 31.3. The molecule has 1 saturated heterocycles. The predicted octanol–water partition coefficient (Wildman–Crippen LogP) is -0.0964. The molecule has 1 heterocycles. The molecule has 0 N–H and O–H groups in total. The van der Waals surface area contributed by atoms with Crippen LogP contribution in [0.1, 0.15) is 12.8 Å². The molecule has 0 amide bonds. The number of nitrogens with zero attached hydrogens (tertiary/aromatic N) is 2. The van der Waals surface area contributed by atoms with Gasteiger partial charge in [-0.2, -0.15) is 17.0 Å². The average Bonchev–Trinajstić information content (AvgIpc) is 2.17. The van der Waals surface area contributed by atoms with Crippen molar-refractivity contribution in [2.45, 2.75) is 18.9 Å². The number of rotatable bonds is 3. The Hall–Kier alpha value is -0.170. The minimum Gasteiger partial charge on any atom is -0.381 e. The predicted molar refractivity (Wildman–Crippen MR) is 54.2 cm³/mol. The highest BCUT2D eigenvalue weighted by Gasteiger charge is 2.29. The third-order valence-electron chi connectivity index (χ3n) is 2.52. The van der Waals surface area contributed by atoms with Crippen LogP contribution in [0.15, 0.2) is 0 Å². The summed E-state index contributed by atoms with van der Waals surface area (Å²) in [7, 11) is 1.55. The molecule has 0 bridgehead atoms. The molecule has 0 spiro atoms. The lowest BCUT2D eigenvalue weighted by Gasteiger charge is -2.31. The normalized spacial score (nSPS) is 21.7. The highest BCUT2D eigenvalue weighted by molar-refractivity contribution is 7.86. The Bertz CT molecular complexity index is 268. The zero-order chi connectivity index (χ0) is 10.8. The van der Waals surface area contributed by atoms with Crippen LogP contribution in [-0.4, -0.2) is 57.4 Å². The van der Waals surface area contributed by atoms with Crippen molar-refractivity contribution in [1.82, 2.24) is 8.61 Å². The summed E-state index contributed by atoms with van der Waals surface area (Å²) in [6.07, 6.45) is 1.77. The van der Waals surface area contributed by atoms with Gasteiger partial charge in [0.25, 0.3) is 10.2 Å². The number of hydrogen-bond donors (Lipinski definition) is 0. The quantitative estimate of drug-likeness (QED) is 0.670. The number of hydrogen-bond acceptors (Lipinski definition) is 3. The lowest BCUT2D eigenvalue weighted by Crippen LogP contribution is -2.45. The van der Waals surface area contributed by atoms with Gasteiger partial charge in [-0.25, -0.2) is 0 Å². The molecule has 1 fully saturated rings. The molecule has 0 aliphatic carbocycles. The molecule has 84 valence electrons. The van der Waals surface area contributed by atoms with E-state index in [-0.39, 0.29) is 6.10 Å². The van der Waals surface area contributed by atoms with E-state index in [9.17, 15) is 8.42 Å². The molecule has 1 rings (SSSR count). The Labute approximate surface area is 85.8 Å². The maximum Gasteiger partial charge on any atom is 0.281 e. The number of ether oxygens (including phenoxy) is 1. The average molecular weight is 222 g/mol. The van der Waals surface area contributed by atoms with Gasteiger partial charge in [0.2, 0.25) is 0 Å². The van der Waals surface area contributed by atoms with Gasteiger partial charge in [0.15, 0.2) is 0 Å². The van der Waals surface area contributed by atoms with Crippen LogP contribution >= 0.6 is 0 Å². The zero-order valence-electron chi connectivity index (χ0n) is 8.93. The van der Waals surface area contributed by atoms with Crippen LogP contribution in [0.4, 0.5) is 0 Å². The molecular formula is C8H18N2O3S. The second-order valence-electron chi connectivity index (χ2n) is 3.62. The first-order valence-electron chi connectivity index (χ1n) is 4.69. The van der Waals surface area contributed by atoms with Gasteiger partial charge < -0.3 is 4.74 Å². The number of methoxy groups -OCH3 is 1. The maximum absolute atomic E-state index is 11.7. The molecule has 6 heteroatoms. The van der Waals surface area contributed by atoms with Crippen molar-refractivity contribution < 1.29 is 13.2 Å². The van der Waals surface area contributed by atoms with Crippen molar-refractivity contribution in [3.8, 4) is 0 Å². The summed E-state index contributed by atoms with van der Waals surface area (Å²) in [4.78, 5) is 0. The van der Waals surface area contributed by atoms with Crippen LogP contribution in [0.3, 0.4) is 0 Å². The molecule has 0 unspecified atom stereocenters. The molecule has 0 aromatic carbocycles. The minimum atomic E-state index is -3.22. The summed E-state index contributed by atoms with van der Waals surface area (Å²) in [5, 5.41) is 0. The van der Waals surface area contributed by atoms with Gasteiger partial charge in [0.05, 0.1) is 6.10 Å². The van der Waals surface area contributed by atoms with E-state index in [0.29, 0.717) is 13.1 Å². The Morgan fingerprint density at radius 2 is 1.79 bits per heavy atom. The number of piperidine rings is 1. The van der Waals surface area contributed by atoms with E-state index >= 15 is 0 Å². The van der Waals surface area contributed by atoms with E-state index in [1.807, 2.05) is 0 Å². The van der Waals surface area contributed by atoms with Gasteiger partial charge in [-0.1, -0.05) is 0 Å². The standard InChI is InChI=1S/C8H18N2O3S/c1-9(2)14(11,12)10-6-4-8(13-3)5-7-10/h8H,4-7H2,1-3H3. The van der Waals surface area contributed by atoms with Crippen LogP contribution in [0.5, 0.6) is 0 Å². The fourth-order valence-corrected chi connectivity index (χ4v) is 2.66. The van der Waals surface area contributed by atoms with Crippen molar-refractivity contribution in [3.05, 3.63) is 0 Å². The largest absolute Gasteiger partial charge is 0.381 e. The van der Waals surface area contributed by atoms with Gasteiger partial charge in [-0.15, -0.1) is 0 Å². The third-order valence-corrected chi connectivity index (χ3v) is 4.46. The fourth-order valence-electron chi connectivity index (χ4n) is 1.53. The van der Waals surface area contributed by atoms with Crippen LogP contribution in [0.25, 0.3) is 0 Å². The molecule has 0 atom stereocenters. The Balaban J connectivity index is 2.58. The van der Waals surface area contributed by atoms with Crippen molar-refractivity contribution in [3.63, 3.8) is 0 Å². The summed E-state index contributed by atoms with van der Waals surface area (Å²) in [5.41, 5.74) is 0. The van der Waals surface area contributed by atoms with Crippen LogP contribution in [-0.2, 0) is 14.9 Å². The highest BCUT2D eigenvalue weighted by Crippen LogP contribution is 2.16. The molecule has 14 heavy (non-hydrogen) atoms. The molecule has 0 saturated carbocycles. The Morgan fingerprint density at radius 1 is 1.29 bits per heavy atom. The third kappa shape index (κ3) is 2.44. The SMILES string of the molecule is COC1CCN(S(=O)(=O)N(C)C)CC1. The summed E-state index contributed by atoms with van der Waals surface area (Å²) in [5.74, 6) is 0. The van der Waals surface area contributed by atoms with Crippen LogP contribution in [0, 0.1) is 0 Å². The zero-order valence-corrected chi connectivity index (χ0v) is 9.75. The van der Waals surface area contributed by atoms with Gasteiger partial charge in [-0.3, -0.25) is 0 Å². The molecular weight excluding hydrogens is 204 g/mol. The molecule has 0 aromatic heterocycles. The van der Waals surface area contributed by atoms with Crippen molar-refractivity contribution in [1.29, 1.82) is 0 Å². The molecule has 5 nitrogen and oxygen atoms in total. The lowest BCUT2D eigenvalue weighted by molar-refractivity contribution is 0.0595. The molecule has 0 radical (unpaired) electrons. The van der Waals surface area contributed by atoms with Gasteiger partial charge in [-0.05, 0) is 12.8 Å². The van der Waals surface area contributed by atoms with E-state index in [2.05, 4.69) is 0 Å². The first kappa shape index (κ1) is 11.9. The van der Waals surface area contributed by atoms with E-state index in [1.54, 1.807) is 21.2 Å². The summed E-state index contributed by atoms with van der Waals surface area (Å²) in [6, 6.07) is 0. The smallest absolute Gasteiger partial charge is 0.281 e. The summed E-state index contributed by atoms with van der Waals surface area (Å²) >= 11 is 0. The summed E-state index contributed by atoms with van der Waals surface area (Å²) in [6.45, 7) is 1.11. The van der Waals surface area contributed by atoms with E-state index in [0.717, 1.165) is 12.8 Å². The first-order valence-corrected chi connectivity index (χ1v) is 6.08. The first-order chi connectivity index (χ1) is 6.48. The van der Waals surface area contributed by atoms with Gasteiger partial charge in [0, 0.05) is 34.3 Å². The van der Waals surface area contributed by atoms with Crippen molar-refractivity contribution in [2.75, 3.05) is 34.3 Å². The Kier molecular flexibility index (Phi) is 3.88. The van der Waals surface area contributed by atoms with E-state index in [1.165, 1.54) is 8.61 Å². The maximum atomic E-state index is 11.7. The van der Waals surface area contributed by atoms with Crippen molar-refractivity contribution in [2.24, 2.45) is 0 Å². The minimum absolute atomic E-state index is 0.212. The topological polar surface area (TPSA) is 49.9 Å². The van der Waals surface area contributed by atoms with E-state index < -0.39 is 10.2 Å². The molecule has 1 aliphatic heterocycles. The van der Waals surface area contributed by atoms with E-state index in [4.69, 9.17) is 4.74 Å². The molecule has 0 aromatic rings. The second-order valence-corrected chi connectivity index (χ2v) is 5.77. The van der Waals surface area contributed by atoms with Crippen LogP contribution < -0.4 is 0 Å². The van der Waals surface area contributed by atoms with Crippen molar-refractivity contribution >= 4 is 10.2 Å². The van der Waals surface area contributed by atoms with Gasteiger partial charge in [0.1, 0.15) is 0 Å². The molecule has 1 aliphatic rings. The van der Waals surface area contributed by atoms with Crippen LogP contribution in [0.2, 0.25) is 0 Å². The highest BCUT2D eigenvalue weighted by atomic mass is 32.2. The second kappa shape index (κ2) is 4.57. The van der Waals surface area contributed by atoms with Gasteiger partial charge >= 0.3 is 0 Å².